The lowest BCUT2D eigenvalue weighted by Gasteiger charge is -2.09. The van der Waals surface area contributed by atoms with Crippen LogP contribution in [0.1, 0.15) is 0 Å². The Hall–Kier alpha value is -2.62. The number of hydrogen-bond donors (Lipinski definition) is 2. The molecule has 1 aromatic carbocycles. The lowest BCUT2D eigenvalue weighted by molar-refractivity contribution is 1.33. The Morgan fingerprint density at radius 1 is 1.06 bits per heavy atom. The van der Waals surface area contributed by atoms with Crippen LogP contribution in [0.15, 0.2) is 55.0 Å². The molecular formula is C14H12N4. The molecule has 0 saturated heterocycles. The van der Waals surface area contributed by atoms with Crippen molar-refractivity contribution in [1.82, 2.24) is 9.97 Å². The first-order chi connectivity index (χ1) is 8.83. The van der Waals surface area contributed by atoms with E-state index in [0.717, 1.165) is 22.1 Å². The molecule has 0 bridgehead atoms. The number of nitrogens with two attached hydrogens (primary N) is 1. The molecule has 0 aliphatic heterocycles. The Labute approximate surface area is 104 Å². The molecule has 0 aliphatic carbocycles. The van der Waals surface area contributed by atoms with E-state index in [1.165, 1.54) is 0 Å². The van der Waals surface area contributed by atoms with Gasteiger partial charge >= 0.3 is 0 Å². The predicted molar refractivity (Wildman–Crippen MR) is 73.7 cm³/mol. The molecule has 0 fully saturated rings. The van der Waals surface area contributed by atoms with Gasteiger partial charge in [0.05, 0.1) is 0 Å². The molecule has 0 amide bonds. The summed E-state index contributed by atoms with van der Waals surface area (Å²) in [5.74, 6) is 0.498. The molecule has 3 N–H and O–H groups in total. The zero-order chi connectivity index (χ0) is 12.4. The highest BCUT2D eigenvalue weighted by molar-refractivity contribution is 5.94. The Morgan fingerprint density at radius 2 is 2.00 bits per heavy atom. The third kappa shape index (κ3) is 1.96. The smallest absolute Gasteiger partial charge is 0.125 e. The molecule has 0 atom stereocenters. The second kappa shape index (κ2) is 4.33. The summed E-state index contributed by atoms with van der Waals surface area (Å²) >= 11 is 0. The van der Waals surface area contributed by atoms with Gasteiger partial charge < -0.3 is 11.1 Å². The van der Waals surface area contributed by atoms with Crippen LogP contribution in [0, 0.1) is 0 Å². The van der Waals surface area contributed by atoms with Gasteiger partial charge in [0.1, 0.15) is 5.82 Å². The SMILES string of the molecule is Nc1cc(Nc2cccc3ccncc23)ccn1. The fraction of sp³-hybridized carbons (Fsp3) is 0. The van der Waals surface area contributed by atoms with E-state index < -0.39 is 0 Å². The number of hydrogen-bond acceptors (Lipinski definition) is 4. The molecular weight excluding hydrogens is 224 g/mol. The van der Waals surface area contributed by atoms with Crippen molar-refractivity contribution in [3.63, 3.8) is 0 Å². The van der Waals surface area contributed by atoms with Gasteiger partial charge in [-0.15, -0.1) is 0 Å². The van der Waals surface area contributed by atoms with E-state index in [1.54, 1.807) is 18.5 Å². The standard InChI is InChI=1S/C14H12N4/c15-14-8-11(5-7-17-14)18-13-3-1-2-10-4-6-16-9-12(10)13/h1-9H,(H3,15,17,18). The molecule has 2 heterocycles. The first kappa shape index (κ1) is 10.5. The van der Waals surface area contributed by atoms with Crippen LogP contribution in [0.3, 0.4) is 0 Å². The van der Waals surface area contributed by atoms with Crippen molar-refractivity contribution in [2.45, 2.75) is 0 Å². The summed E-state index contributed by atoms with van der Waals surface area (Å²) in [5.41, 5.74) is 7.58. The second-order valence-electron chi connectivity index (χ2n) is 4.00. The average molecular weight is 236 g/mol. The molecule has 0 aliphatic rings. The number of anilines is 3. The number of fused-ring (bicyclic) bond motifs is 1. The van der Waals surface area contributed by atoms with Gasteiger partial charge in [0.25, 0.3) is 0 Å². The molecule has 0 unspecified atom stereocenters. The molecule has 4 heteroatoms. The van der Waals surface area contributed by atoms with Gasteiger partial charge in [-0.3, -0.25) is 4.98 Å². The quantitative estimate of drug-likeness (QED) is 0.718. The highest BCUT2D eigenvalue weighted by Gasteiger charge is 2.01. The van der Waals surface area contributed by atoms with Gasteiger partial charge in [0.2, 0.25) is 0 Å². The third-order valence-corrected chi connectivity index (χ3v) is 2.74. The van der Waals surface area contributed by atoms with Crippen LogP contribution in [-0.4, -0.2) is 9.97 Å². The maximum absolute atomic E-state index is 5.66. The van der Waals surface area contributed by atoms with Crippen molar-refractivity contribution in [1.29, 1.82) is 0 Å². The maximum Gasteiger partial charge on any atom is 0.125 e. The van der Waals surface area contributed by atoms with E-state index in [4.69, 9.17) is 5.73 Å². The summed E-state index contributed by atoms with van der Waals surface area (Å²) in [5, 5.41) is 5.56. The number of aromatic nitrogens is 2. The van der Waals surface area contributed by atoms with Gasteiger partial charge in [-0.1, -0.05) is 12.1 Å². The monoisotopic (exact) mass is 236 g/mol. The minimum Gasteiger partial charge on any atom is -0.384 e. The first-order valence-electron chi connectivity index (χ1n) is 5.64. The predicted octanol–water partition coefficient (Wildman–Crippen LogP) is 2.96. The van der Waals surface area contributed by atoms with Crippen LogP contribution >= 0.6 is 0 Å². The fourth-order valence-electron chi connectivity index (χ4n) is 1.90. The Bertz CT molecular complexity index is 689. The number of nitrogens with zero attached hydrogens (tertiary/aromatic N) is 2. The minimum atomic E-state index is 0.498. The van der Waals surface area contributed by atoms with Crippen molar-refractivity contribution in [3.8, 4) is 0 Å². The Morgan fingerprint density at radius 3 is 2.89 bits per heavy atom. The zero-order valence-electron chi connectivity index (χ0n) is 9.67. The summed E-state index contributed by atoms with van der Waals surface area (Å²) in [4.78, 5) is 8.12. The van der Waals surface area contributed by atoms with E-state index in [2.05, 4.69) is 21.4 Å². The summed E-state index contributed by atoms with van der Waals surface area (Å²) in [6, 6.07) is 11.8. The zero-order valence-corrected chi connectivity index (χ0v) is 9.67. The normalized spacial score (nSPS) is 10.4. The van der Waals surface area contributed by atoms with Crippen molar-refractivity contribution in [3.05, 3.63) is 55.0 Å². The first-order valence-corrected chi connectivity index (χ1v) is 5.64. The minimum absolute atomic E-state index is 0.498. The van der Waals surface area contributed by atoms with Gasteiger partial charge in [-0.25, -0.2) is 4.98 Å². The van der Waals surface area contributed by atoms with Crippen LogP contribution in [0.4, 0.5) is 17.2 Å². The van der Waals surface area contributed by atoms with E-state index in [-0.39, 0.29) is 0 Å². The highest BCUT2D eigenvalue weighted by atomic mass is 14.9. The number of pyridine rings is 2. The van der Waals surface area contributed by atoms with Gasteiger partial charge in [0, 0.05) is 41.4 Å². The van der Waals surface area contributed by atoms with Crippen molar-refractivity contribution < 1.29 is 0 Å². The molecule has 2 aromatic heterocycles. The van der Waals surface area contributed by atoms with E-state index in [1.807, 2.05) is 30.5 Å². The lowest BCUT2D eigenvalue weighted by atomic mass is 10.1. The number of nitrogen functional groups attached to an aromatic ring is 1. The molecule has 0 saturated carbocycles. The van der Waals surface area contributed by atoms with Gasteiger partial charge in [-0.05, 0) is 23.6 Å². The number of benzene rings is 1. The summed E-state index contributed by atoms with van der Waals surface area (Å²) in [6.45, 7) is 0. The lowest BCUT2D eigenvalue weighted by Crippen LogP contribution is -1.95. The molecule has 3 rings (SSSR count). The van der Waals surface area contributed by atoms with Crippen LogP contribution in [0.5, 0.6) is 0 Å². The van der Waals surface area contributed by atoms with Crippen LogP contribution in [0.2, 0.25) is 0 Å². The van der Waals surface area contributed by atoms with Gasteiger partial charge in [-0.2, -0.15) is 0 Å². The summed E-state index contributed by atoms with van der Waals surface area (Å²) < 4.78 is 0. The Kier molecular flexibility index (Phi) is 2.53. The Balaban J connectivity index is 2.05. The van der Waals surface area contributed by atoms with Crippen LogP contribution in [0.25, 0.3) is 10.8 Å². The van der Waals surface area contributed by atoms with Crippen LogP contribution in [-0.2, 0) is 0 Å². The molecule has 3 aromatic rings. The largest absolute Gasteiger partial charge is 0.384 e. The fourth-order valence-corrected chi connectivity index (χ4v) is 1.90. The summed E-state index contributed by atoms with van der Waals surface area (Å²) in [6.07, 6.45) is 5.32. The van der Waals surface area contributed by atoms with Crippen molar-refractivity contribution in [2.75, 3.05) is 11.1 Å². The molecule has 4 nitrogen and oxygen atoms in total. The molecule has 88 valence electrons. The van der Waals surface area contributed by atoms with Crippen molar-refractivity contribution in [2.24, 2.45) is 0 Å². The van der Waals surface area contributed by atoms with E-state index in [9.17, 15) is 0 Å². The number of nitrogens with one attached hydrogen (secondary N) is 1. The van der Waals surface area contributed by atoms with E-state index >= 15 is 0 Å². The summed E-state index contributed by atoms with van der Waals surface area (Å²) in [7, 11) is 0. The molecule has 0 radical (unpaired) electrons. The maximum atomic E-state index is 5.66. The second-order valence-corrected chi connectivity index (χ2v) is 4.00. The topological polar surface area (TPSA) is 63.8 Å². The highest BCUT2D eigenvalue weighted by Crippen LogP contribution is 2.25. The number of rotatable bonds is 2. The van der Waals surface area contributed by atoms with Crippen molar-refractivity contribution >= 4 is 28.0 Å². The average Bonchev–Trinajstić information content (AvgIpc) is 2.39. The molecule has 0 spiro atoms. The van der Waals surface area contributed by atoms with Crippen LogP contribution < -0.4 is 11.1 Å². The third-order valence-electron chi connectivity index (χ3n) is 2.74. The van der Waals surface area contributed by atoms with E-state index in [0.29, 0.717) is 5.82 Å². The molecule has 18 heavy (non-hydrogen) atoms. The van der Waals surface area contributed by atoms with Gasteiger partial charge in [0.15, 0.2) is 0 Å².